The van der Waals surface area contributed by atoms with Gasteiger partial charge in [0, 0.05) is 16.6 Å². The summed E-state index contributed by atoms with van der Waals surface area (Å²) in [6.07, 6.45) is 0. The molecular formula is C14H13N3S. The van der Waals surface area contributed by atoms with Gasteiger partial charge in [0.05, 0.1) is 11.3 Å². The van der Waals surface area contributed by atoms with Crippen molar-refractivity contribution in [1.82, 2.24) is 4.98 Å². The van der Waals surface area contributed by atoms with Gasteiger partial charge in [0.2, 0.25) is 0 Å². The van der Waals surface area contributed by atoms with Crippen molar-refractivity contribution < 1.29 is 0 Å². The molecule has 0 radical (unpaired) electrons. The molecule has 2 N–H and O–H groups in total. The molecule has 1 aromatic carbocycles. The van der Waals surface area contributed by atoms with Gasteiger partial charge >= 0.3 is 0 Å². The Morgan fingerprint density at radius 2 is 2.22 bits per heavy atom. The topological polar surface area (TPSA) is 62.7 Å². The van der Waals surface area contributed by atoms with E-state index in [4.69, 9.17) is 11.0 Å². The van der Waals surface area contributed by atoms with Crippen molar-refractivity contribution in [3.8, 4) is 16.6 Å². The molecule has 2 aromatic rings. The number of hydrogen-bond donors (Lipinski definition) is 1. The van der Waals surface area contributed by atoms with Gasteiger partial charge < -0.3 is 5.73 Å². The van der Waals surface area contributed by atoms with E-state index in [2.05, 4.69) is 17.1 Å². The largest absolute Gasteiger partial charge is 0.401 e. The molecule has 18 heavy (non-hydrogen) atoms. The summed E-state index contributed by atoms with van der Waals surface area (Å²) >= 11 is 1.52. The Bertz CT molecular complexity index is 643. The highest BCUT2D eigenvalue weighted by atomic mass is 32.1. The first-order valence-electron chi connectivity index (χ1n) is 5.51. The summed E-state index contributed by atoms with van der Waals surface area (Å²) in [5.41, 5.74) is 9.53. The van der Waals surface area contributed by atoms with E-state index in [1.165, 1.54) is 16.9 Å². The lowest BCUT2D eigenvalue weighted by Gasteiger charge is -1.98. The predicted octanol–water partition coefficient (Wildman–Crippen LogP) is 3.33. The highest BCUT2D eigenvalue weighted by Crippen LogP contribution is 2.27. The van der Waals surface area contributed by atoms with Crippen LogP contribution in [0.5, 0.6) is 0 Å². The molecule has 0 atom stereocenters. The molecule has 0 fully saturated rings. The van der Waals surface area contributed by atoms with Crippen molar-refractivity contribution in [2.75, 3.05) is 0 Å². The van der Waals surface area contributed by atoms with Crippen molar-refractivity contribution in [3.05, 3.63) is 46.6 Å². The number of allylic oxidation sites excluding steroid dienone is 2. The number of rotatable bonds is 2. The Morgan fingerprint density at radius 1 is 1.44 bits per heavy atom. The molecule has 0 bridgehead atoms. The summed E-state index contributed by atoms with van der Waals surface area (Å²) in [5.74, 6) is 0. The molecule has 3 nitrogen and oxygen atoms in total. The number of aryl methyl sites for hydroxylation is 1. The number of nitrogens with zero attached hydrogens (tertiary/aromatic N) is 2. The summed E-state index contributed by atoms with van der Waals surface area (Å²) in [6, 6.07) is 10.2. The minimum Gasteiger partial charge on any atom is -0.401 e. The van der Waals surface area contributed by atoms with Crippen LogP contribution in [-0.4, -0.2) is 4.98 Å². The predicted molar refractivity (Wildman–Crippen MR) is 74.7 cm³/mol. The molecule has 0 saturated heterocycles. The van der Waals surface area contributed by atoms with Gasteiger partial charge in [-0.3, -0.25) is 0 Å². The Kier molecular flexibility index (Phi) is 3.45. The maximum absolute atomic E-state index is 9.05. The van der Waals surface area contributed by atoms with Gasteiger partial charge in [-0.15, -0.1) is 11.3 Å². The molecule has 0 spiro atoms. The summed E-state index contributed by atoms with van der Waals surface area (Å²) in [5, 5.41) is 11.8. The van der Waals surface area contributed by atoms with Crippen molar-refractivity contribution in [2.24, 2.45) is 5.73 Å². The van der Waals surface area contributed by atoms with E-state index < -0.39 is 0 Å². The third-order valence-electron chi connectivity index (χ3n) is 2.53. The van der Waals surface area contributed by atoms with Crippen LogP contribution in [0.3, 0.4) is 0 Å². The standard InChI is InChI=1S/C14H13N3S/c1-9-4-3-5-11(6-9)14-17-13(8-18-14)12(7-15)10(2)16/h3-6,8H,16H2,1-2H3/b12-10+. The molecular weight excluding hydrogens is 242 g/mol. The molecule has 0 amide bonds. The van der Waals surface area contributed by atoms with Gasteiger partial charge in [-0.25, -0.2) is 4.98 Å². The van der Waals surface area contributed by atoms with Crippen molar-refractivity contribution in [2.45, 2.75) is 13.8 Å². The van der Waals surface area contributed by atoms with Gasteiger partial charge in [0.25, 0.3) is 0 Å². The molecule has 4 heteroatoms. The van der Waals surface area contributed by atoms with Crippen LogP contribution in [0.15, 0.2) is 35.3 Å². The van der Waals surface area contributed by atoms with Crippen molar-refractivity contribution in [3.63, 3.8) is 0 Å². The lowest BCUT2D eigenvalue weighted by molar-refractivity contribution is 1.28. The van der Waals surface area contributed by atoms with Crippen LogP contribution in [0.2, 0.25) is 0 Å². The zero-order valence-electron chi connectivity index (χ0n) is 10.3. The minimum absolute atomic E-state index is 0.449. The molecule has 1 aromatic heterocycles. The number of hydrogen-bond acceptors (Lipinski definition) is 4. The number of aromatic nitrogens is 1. The van der Waals surface area contributed by atoms with Crippen LogP contribution in [0.25, 0.3) is 16.1 Å². The van der Waals surface area contributed by atoms with E-state index in [1.807, 2.05) is 30.5 Å². The Balaban J connectivity index is 2.44. The highest BCUT2D eigenvalue weighted by molar-refractivity contribution is 7.13. The maximum Gasteiger partial charge on any atom is 0.124 e. The van der Waals surface area contributed by atoms with Crippen LogP contribution in [-0.2, 0) is 0 Å². The summed E-state index contributed by atoms with van der Waals surface area (Å²) in [4.78, 5) is 4.47. The summed E-state index contributed by atoms with van der Waals surface area (Å²) in [6.45, 7) is 3.76. The van der Waals surface area contributed by atoms with Crippen molar-refractivity contribution in [1.29, 1.82) is 5.26 Å². The van der Waals surface area contributed by atoms with Gasteiger partial charge in [-0.05, 0) is 19.9 Å². The van der Waals surface area contributed by atoms with Crippen LogP contribution in [0.4, 0.5) is 0 Å². The normalized spacial score (nSPS) is 11.8. The number of nitrogens with two attached hydrogens (primary N) is 1. The first kappa shape index (κ1) is 12.3. The lowest BCUT2D eigenvalue weighted by atomic mass is 10.1. The monoisotopic (exact) mass is 255 g/mol. The smallest absolute Gasteiger partial charge is 0.124 e. The molecule has 2 rings (SSSR count). The van der Waals surface area contributed by atoms with Crippen LogP contribution < -0.4 is 5.73 Å². The van der Waals surface area contributed by atoms with E-state index in [1.54, 1.807) is 6.92 Å². The zero-order valence-corrected chi connectivity index (χ0v) is 11.1. The number of benzene rings is 1. The molecule has 0 saturated carbocycles. The van der Waals surface area contributed by atoms with Crippen LogP contribution in [0.1, 0.15) is 18.2 Å². The fraction of sp³-hybridized carbons (Fsp3) is 0.143. The SMILES string of the molecule is C/C(N)=C(/C#N)c1csc(-c2cccc(C)c2)n1. The summed E-state index contributed by atoms with van der Waals surface area (Å²) in [7, 11) is 0. The third-order valence-corrected chi connectivity index (χ3v) is 3.42. The second-order valence-corrected chi connectivity index (χ2v) is 4.94. The quantitative estimate of drug-likeness (QED) is 0.837. The minimum atomic E-state index is 0.449. The second kappa shape index (κ2) is 5.03. The zero-order chi connectivity index (χ0) is 13.1. The van der Waals surface area contributed by atoms with E-state index in [-0.39, 0.29) is 0 Å². The fourth-order valence-corrected chi connectivity index (χ4v) is 2.45. The van der Waals surface area contributed by atoms with Gasteiger partial charge in [0.1, 0.15) is 11.1 Å². The van der Waals surface area contributed by atoms with Crippen LogP contribution >= 0.6 is 11.3 Å². The molecule has 0 aliphatic carbocycles. The highest BCUT2D eigenvalue weighted by Gasteiger charge is 2.10. The Labute approximate surface area is 110 Å². The molecule has 0 aliphatic heterocycles. The van der Waals surface area contributed by atoms with Gasteiger partial charge in [0.15, 0.2) is 0 Å². The Morgan fingerprint density at radius 3 is 2.83 bits per heavy atom. The first-order chi connectivity index (χ1) is 8.61. The van der Waals surface area contributed by atoms with Crippen LogP contribution in [0, 0.1) is 18.3 Å². The van der Waals surface area contributed by atoms with E-state index in [0.29, 0.717) is 17.0 Å². The first-order valence-corrected chi connectivity index (χ1v) is 6.39. The fourth-order valence-electron chi connectivity index (χ4n) is 1.65. The van der Waals surface area contributed by atoms with E-state index in [9.17, 15) is 0 Å². The Hall–Kier alpha value is -2.12. The molecule has 90 valence electrons. The van der Waals surface area contributed by atoms with Crippen molar-refractivity contribution >= 4 is 16.9 Å². The number of nitriles is 1. The molecule has 0 aliphatic rings. The average Bonchev–Trinajstić information content (AvgIpc) is 2.79. The lowest BCUT2D eigenvalue weighted by Crippen LogP contribution is -1.96. The molecule has 0 unspecified atom stereocenters. The number of thiazole rings is 1. The summed E-state index contributed by atoms with van der Waals surface area (Å²) < 4.78 is 0. The van der Waals surface area contributed by atoms with Gasteiger partial charge in [-0.2, -0.15) is 5.26 Å². The average molecular weight is 255 g/mol. The van der Waals surface area contributed by atoms with E-state index in [0.717, 1.165) is 10.6 Å². The van der Waals surface area contributed by atoms with E-state index >= 15 is 0 Å². The maximum atomic E-state index is 9.05. The molecule has 1 heterocycles. The van der Waals surface area contributed by atoms with Gasteiger partial charge in [-0.1, -0.05) is 23.8 Å². The third kappa shape index (κ3) is 2.41. The second-order valence-electron chi connectivity index (χ2n) is 4.08.